The predicted molar refractivity (Wildman–Crippen MR) is 83.4 cm³/mol. The fraction of sp³-hybridized carbons (Fsp3) is 0.250. The Morgan fingerprint density at radius 2 is 1.50 bits per heavy atom. The Morgan fingerprint density at radius 3 is 2.05 bits per heavy atom. The van der Waals surface area contributed by atoms with Gasteiger partial charge in [-0.25, -0.2) is 17.5 Å². The number of hydrogen-bond acceptors (Lipinski definition) is 2. The zero-order chi connectivity index (χ0) is 16.2. The van der Waals surface area contributed by atoms with Crippen molar-refractivity contribution in [2.75, 3.05) is 14.1 Å². The topological polar surface area (TPSA) is 50.6 Å². The lowest BCUT2D eigenvalue weighted by Crippen LogP contribution is -3.04. The molecule has 0 fully saturated rings. The Hall–Kier alpha value is -1.76. The van der Waals surface area contributed by atoms with Gasteiger partial charge in [-0.2, -0.15) is 0 Å². The highest BCUT2D eigenvalue weighted by Crippen LogP contribution is 2.11. The molecule has 0 saturated carbocycles. The second kappa shape index (κ2) is 7.00. The predicted octanol–water partition coefficient (Wildman–Crippen LogP) is 0.949. The molecular weight excluding hydrogens is 303 g/mol. The van der Waals surface area contributed by atoms with E-state index < -0.39 is 15.8 Å². The smallest absolute Gasteiger partial charge is 0.240 e. The lowest BCUT2D eigenvalue weighted by Gasteiger charge is -2.09. The maximum atomic E-state index is 12.8. The van der Waals surface area contributed by atoms with E-state index in [0.29, 0.717) is 0 Å². The fourth-order valence-corrected chi connectivity index (χ4v) is 3.08. The van der Waals surface area contributed by atoms with Crippen molar-refractivity contribution in [1.29, 1.82) is 0 Å². The average Bonchev–Trinajstić information content (AvgIpc) is 2.46. The van der Waals surface area contributed by atoms with Gasteiger partial charge in [0, 0.05) is 12.1 Å². The van der Waals surface area contributed by atoms with Crippen LogP contribution in [-0.4, -0.2) is 22.5 Å². The van der Waals surface area contributed by atoms with Crippen LogP contribution in [0.1, 0.15) is 11.1 Å². The molecule has 118 valence electrons. The highest BCUT2D eigenvalue weighted by atomic mass is 32.2. The number of rotatable bonds is 6. The molecule has 0 aliphatic rings. The van der Waals surface area contributed by atoms with Gasteiger partial charge in [-0.1, -0.05) is 24.3 Å². The van der Waals surface area contributed by atoms with Crippen LogP contribution in [0.15, 0.2) is 53.4 Å². The van der Waals surface area contributed by atoms with Crippen molar-refractivity contribution in [2.45, 2.75) is 18.0 Å². The van der Waals surface area contributed by atoms with E-state index in [1.807, 2.05) is 24.3 Å². The molecule has 6 heteroatoms. The standard InChI is InChI=1S/C16H19FN2O2S/c1-19(2)12-14-5-3-13(4-6-14)11-18-22(20,21)16-9-7-15(17)8-10-16/h3-10,18H,11-12H2,1-2H3/p+1. The summed E-state index contributed by atoms with van der Waals surface area (Å²) >= 11 is 0. The Kier molecular flexibility index (Phi) is 5.28. The molecule has 0 saturated heterocycles. The third-order valence-electron chi connectivity index (χ3n) is 3.17. The third kappa shape index (κ3) is 4.62. The minimum absolute atomic E-state index is 0.0572. The molecule has 0 aliphatic heterocycles. The van der Waals surface area contributed by atoms with Crippen molar-refractivity contribution >= 4 is 10.0 Å². The summed E-state index contributed by atoms with van der Waals surface area (Å²) in [4.78, 5) is 1.38. The Labute approximate surface area is 130 Å². The van der Waals surface area contributed by atoms with Gasteiger partial charge in [0.1, 0.15) is 12.4 Å². The van der Waals surface area contributed by atoms with Crippen molar-refractivity contribution in [3.8, 4) is 0 Å². The normalized spacial score (nSPS) is 11.8. The average molecular weight is 323 g/mol. The van der Waals surface area contributed by atoms with E-state index in [4.69, 9.17) is 0 Å². The minimum Gasteiger partial charge on any atom is -0.336 e. The molecule has 0 atom stereocenters. The number of benzene rings is 2. The molecular formula is C16H20FN2O2S+. The zero-order valence-electron chi connectivity index (χ0n) is 12.6. The van der Waals surface area contributed by atoms with E-state index >= 15 is 0 Å². The molecule has 2 rings (SSSR count). The molecule has 0 unspecified atom stereocenters. The molecule has 4 nitrogen and oxygen atoms in total. The molecule has 2 N–H and O–H groups in total. The van der Waals surface area contributed by atoms with Gasteiger partial charge in [0.05, 0.1) is 19.0 Å². The number of nitrogens with one attached hydrogen (secondary N) is 2. The summed E-state index contributed by atoms with van der Waals surface area (Å²) in [5, 5.41) is 0. The first kappa shape index (κ1) is 16.6. The maximum absolute atomic E-state index is 12.8. The first-order valence-electron chi connectivity index (χ1n) is 6.99. The summed E-state index contributed by atoms with van der Waals surface area (Å²) in [6.45, 7) is 1.12. The molecule has 0 heterocycles. The van der Waals surface area contributed by atoms with E-state index in [0.717, 1.165) is 24.2 Å². The van der Waals surface area contributed by atoms with Gasteiger partial charge in [-0.3, -0.25) is 0 Å². The van der Waals surface area contributed by atoms with Gasteiger partial charge in [0.15, 0.2) is 0 Å². The fourth-order valence-electron chi connectivity index (χ4n) is 2.06. The van der Waals surface area contributed by atoms with Crippen LogP contribution in [0.4, 0.5) is 4.39 Å². The Bertz CT molecular complexity index is 711. The van der Waals surface area contributed by atoms with E-state index in [1.54, 1.807) is 0 Å². The SMILES string of the molecule is C[NH+](C)Cc1ccc(CNS(=O)(=O)c2ccc(F)cc2)cc1. The summed E-state index contributed by atoms with van der Waals surface area (Å²) in [6, 6.07) is 12.6. The molecule has 0 radical (unpaired) electrons. The Morgan fingerprint density at radius 1 is 0.955 bits per heavy atom. The second-order valence-corrected chi connectivity index (χ2v) is 7.25. The van der Waals surface area contributed by atoms with Crippen molar-refractivity contribution in [3.05, 3.63) is 65.5 Å². The van der Waals surface area contributed by atoms with Crippen molar-refractivity contribution < 1.29 is 17.7 Å². The van der Waals surface area contributed by atoms with Gasteiger partial charge in [-0.05, 0) is 29.8 Å². The molecule has 0 aromatic heterocycles. The molecule has 2 aromatic rings. The highest BCUT2D eigenvalue weighted by molar-refractivity contribution is 7.89. The summed E-state index contributed by atoms with van der Waals surface area (Å²) in [5.41, 5.74) is 2.08. The minimum atomic E-state index is -3.63. The third-order valence-corrected chi connectivity index (χ3v) is 4.59. The molecule has 0 bridgehead atoms. The lowest BCUT2D eigenvalue weighted by atomic mass is 10.1. The molecule has 0 aliphatic carbocycles. The summed E-state index contributed by atoms with van der Waals surface area (Å²) in [5.74, 6) is -0.461. The quantitative estimate of drug-likeness (QED) is 0.832. The van der Waals surface area contributed by atoms with Gasteiger partial charge in [0.2, 0.25) is 10.0 Å². The van der Waals surface area contributed by atoms with Crippen LogP contribution in [0.2, 0.25) is 0 Å². The van der Waals surface area contributed by atoms with Gasteiger partial charge >= 0.3 is 0 Å². The van der Waals surface area contributed by atoms with E-state index in [2.05, 4.69) is 18.8 Å². The van der Waals surface area contributed by atoms with Crippen LogP contribution < -0.4 is 9.62 Å². The summed E-state index contributed by atoms with van der Waals surface area (Å²) in [6.07, 6.45) is 0. The van der Waals surface area contributed by atoms with Crippen molar-refractivity contribution in [1.82, 2.24) is 4.72 Å². The number of quaternary nitrogens is 1. The van der Waals surface area contributed by atoms with Crippen LogP contribution >= 0.6 is 0 Å². The maximum Gasteiger partial charge on any atom is 0.240 e. The van der Waals surface area contributed by atoms with Gasteiger partial charge < -0.3 is 4.90 Å². The van der Waals surface area contributed by atoms with Crippen LogP contribution in [0.5, 0.6) is 0 Å². The van der Waals surface area contributed by atoms with Crippen LogP contribution in [0.25, 0.3) is 0 Å². The zero-order valence-corrected chi connectivity index (χ0v) is 13.5. The largest absolute Gasteiger partial charge is 0.336 e. The van der Waals surface area contributed by atoms with Crippen LogP contribution in [-0.2, 0) is 23.1 Å². The number of hydrogen-bond donors (Lipinski definition) is 2. The molecule has 2 aromatic carbocycles. The van der Waals surface area contributed by atoms with Crippen LogP contribution in [0.3, 0.4) is 0 Å². The van der Waals surface area contributed by atoms with E-state index in [-0.39, 0.29) is 11.4 Å². The Balaban J connectivity index is 2.01. The molecule has 22 heavy (non-hydrogen) atoms. The van der Waals surface area contributed by atoms with Gasteiger partial charge in [-0.15, -0.1) is 0 Å². The van der Waals surface area contributed by atoms with Crippen LogP contribution in [0, 0.1) is 5.82 Å². The number of sulfonamides is 1. The first-order valence-corrected chi connectivity index (χ1v) is 8.47. The van der Waals surface area contributed by atoms with Crippen molar-refractivity contribution in [3.63, 3.8) is 0 Å². The molecule has 0 amide bonds. The van der Waals surface area contributed by atoms with Crippen molar-refractivity contribution in [2.24, 2.45) is 0 Å². The molecule has 0 spiro atoms. The van der Waals surface area contributed by atoms with Gasteiger partial charge in [0.25, 0.3) is 0 Å². The summed E-state index contributed by atoms with van der Waals surface area (Å²) in [7, 11) is 0.523. The lowest BCUT2D eigenvalue weighted by molar-refractivity contribution is -0.872. The highest BCUT2D eigenvalue weighted by Gasteiger charge is 2.13. The number of halogens is 1. The first-order chi connectivity index (χ1) is 10.4. The second-order valence-electron chi connectivity index (χ2n) is 5.48. The monoisotopic (exact) mass is 323 g/mol. The van der Waals surface area contributed by atoms with E-state index in [9.17, 15) is 12.8 Å². The summed E-state index contributed by atoms with van der Waals surface area (Å²) < 4.78 is 39.5. The van der Waals surface area contributed by atoms with E-state index in [1.165, 1.54) is 22.6 Å².